The zero-order valence-electron chi connectivity index (χ0n) is 8.14. The van der Waals surface area contributed by atoms with E-state index < -0.39 is 0 Å². The molecule has 0 spiro atoms. The van der Waals surface area contributed by atoms with E-state index in [1.54, 1.807) is 0 Å². The molecular formula is C10H7ClN2O2S. The number of ether oxygens (including phenoxy) is 2. The summed E-state index contributed by atoms with van der Waals surface area (Å²) in [6.45, 7) is 1.13. The van der Waals surface area contributed by atoms with Crippen molar-refractivity contribution in [1.29, 1.82) is 0 Å². The van der Waals surface area contributed by atoms with Crippen molar-refractivity contribution in [3.63, 3.8) is 0 Å². The minimum atomic E-state index is 0.259. The largest absolute Gasteiger partial charge is 0.486 e. The Kier molecular flexibility index (Phi) is 2.41. The lowest BCUT2D eigenvalue weighted by Crippen LogP contribution is -2.15. The predicted octanol–water partition coefficient (Wildman–Crippen LogP) is 2.63. The van der Waals surface area contributed by atoms with Crippen molar-refractivity contribution in [2.24, 2.45) is 0 Å². The maximum atomic E-state index is 5.71. The molecular weight excluding hydrogens is 248 g/mol. The first-order valence-corrected chi connectivity index (χ1v) is 5.88. The molecule has 3 rings (SSSR count). The maximum absolute atomic E-state index is 5.71. The van der Waals surface area contributed by atoms with Crippen LogP contribution in [0.15, 0.2) is 18.2 Å². The Bertz CT molecular complexity index is 529. The molecule has 1 aromatic heterocycles. The van der Waals surface area contributed by atoms with Crippen LogP contribution in [0.25, 0.3) is 10.6 Å². The highest BCUT2D eigenvalue weighted by molar-refractivity contribution is 7.09. The molecule has 1 aliphatic heterocycles. The zero-order chi connectivity index (χ0) is 11.0. The predicted molar refractivity (Wildman–Crippen MR) is 61.3 cm³/mol. The third-order valence-corrected chi connectivity index (χ3v) is 3.22. The number of nitrogens with zero attached hydrogens (tertiary/aromatic N) is 2. The van der Waals surface area contributed by atoms with E-state index in [-0.39, 0.29) is 5.28 Å². The Morgan fingerprint density at radius 2 is 2.12 bits per heavy atom. The second-order valence-corrected chi connectivity index (χ2v) is 4.29. The number of aromatic nitrogens is 2. The minimum absolute atomic E-state index is 0.259. The van der Waals surface area contributed by atoms with Crippen molar-refractivity contribution >= 4 is 23.1 Å². The third-order valence-electron chi connectivity index (χ3n) is 2.20. The minimum Gasteiger partial charge on any atom is -0.486 e. The lowest BCUT2D eigenvalue weighted by atomic mass is 10.2. The van der Waals surface area contributed by atoms with E-state index in [0.29, 0.717) is 13.2 Å². The molecule has 1 aliphatic rings. The first-order valence-electron chi connectivity index (χ1n) is 4.73. The fourth-order valence-electron chi connectivity index (χ4n) is 1.56. The van der Waals surface area contributed by atoms with Crippen molar-refractivity contribution in [3.05, 3.63) is 23.5 Å². The van der Waals surface area contributed by atoms with Gasteiger partial charge in [-0.3, -0.25) is 0 Å². The molecule has 0 radical (unpaired) electrons. The molecule has 0 saturated heterocycles. The fraction of sp³-hybridized carbons (Fsp3) is 0.200. The van der Waals surface area contributed by atoms with Crippen LogP contribution in [0.5, 0.6) is 11.5 Å². The van der Waals surface area contributed by atoms with E-state index in [2.05, 4.69) is 9.36 Å². The molecule has 4 nitrogen and oxygen atoms in total. The first kappa shape index (κ1) is 9.86. The fourth-order valence-corrected chi connectivity index (χ4v) is 2.38. The van der Waals surface area contributed by atoms with Crippen molar-refractivity contribution in [2.45, 2.75) is 0 Å². The number of fused-ring (bicyclic) bond motifs is 1. The maximum Gasteiger partial charge on any atom is 0.234 e. The molecule has 0 N–H and O–H groups in total. The van der Waals surface area contributed by atoms with Gasteiger partial charge in [0.05, 0.1) is 5.56 Å². The summed E-state index contributed by atoms with van der Waals surface area (Å²) in [4.78, 5) is 4.13. The molecule has 16 heavy (non-hydrogen) atoms. The van der Waals surface area contributed by atoms with Crippen LogP contribution in [-0.4, -0.2) is 22.6 Å². The number of hydrogen-bond donors (Lipinski definition) is 0. The van der Waals surface area contributed by atoms with Gasteiger partial charge in [-0.1, -0.05) is 6.07 Å². The molecule has 2 heterocycles. The Morgan fingerprint density at radius 3 is 2.94 bits per heavy atom. The smallest absolute Gasteiger partial charge is 0.234 e. The number of para-hydroxylation sites is 1. The van der Waals surface area contributed by atoms with Gasteiger partial charge in [0.2, 0.25) is 5.28 Å². The molecule has 0 atom stereocenters. The lowest BCUT2D eigenvalue weighted by molar-refractivity contribution is 0.172. The molecule has 0 amide bonds. The topological polar surface area (TPSA) is 44.2 Å². The monoisotopic (exact) mass is 254 g/mol. The van der Waals surface area contributed by atoms with E-state index in [9.17, 15) is 0 Å². The lowest BCUT2D eigenvalue weighted by Gasteiger charge is -2.19. The molecule has 0 bridgehead atoms. The van der Waals surface area contributed by atoms with E-state index in [4.69, 9.17) is 21.1 Å². The summed E-state index contributed by atoms with van der Waals surface area (Å²) in [7, 11) is 0. The molecule has 82 valence electrons. The van der Waals surface area contributed by atoms with Gasteiger partial charge in [-0.15, -0.1) is 0 Å². The summed E-state index contributed by atoms with van der Waals surface area (Å²) in [5.41, 5.74) is 0.876. The second kappa shape index (κ2) is 3.92. The van der Waals surface area contributed by atoms with E-state index in [1.165, 1.54) is 11.5 Å². The number of rotatable bonds is 1. The second-order valence-electron chi connectivity index (χ2n) is 3.20. The summed E-state index contributed by atoms with van der Waals surface area (Å²) in [5.74, 6) is 1.47. The molecule has 6 heteroatoms. The van der Waals surface area contributed by atoms with Crippen LogP contribution in [-0.2, 0) is 0 Å². The van der Waals surface area contributed by atoms with Gasteiger partial charge in [0.1, 0.15) is 18.2 Å². The van der Waals surface area contributed by atoms with Crippen LogP contribution >= 0.6 is 23.1 Å². The molecule has 1 aromatic carbocycles. The molecule has 0 unspecified atom stereocenters. The van der Waals surface area contributed by atoms with Crippen LogP contribution in [0.2, 0.25) is 5.28 Å². The van der Waals surface area contributed by atoms with Crippen LogP contribution in [0.1, 0.15) is 0 Å². The highest BCUT2D eigenvalue weighted by Crippen LogP contribution is 2.40. The zero-order valence-corrected chi connectivity index (χ0v) is 9.72. The van der Waals surface area contributed by atoms with Gasteiger partial charge in [0.15, 0.2) is 11.5 Å². The quantitative estimate of drug-likeness (QED) is 0.785. The Labute approximate surface area is 101 Å². The van der Waals surface area contributed by atoms with Gasteiger partial charge in [-0.25, -0.2) is 4.98 Å². The van der Waals surface area contributed by atoms with Crippen molar-refractivity contribution in [1.82, 2.24) is 9.36 Å². The number of benzene rings is 1. The van der Waals surface area contributed by atoms with Crippen LogP contribution in [0.3, 0.4) is 0 Å². The SMILES string of the molecule is Clc1nsc(-c2cccc3c2OCCO3)n1. The standard InChI is InChI=1S/C10H7ClN2O2S/c11-10-12-9(16-13-10)6-2-1-3-7-8(6)15-5-4-14-7/h1-3H,4-5H2. The number of halogens is 1. The normalized spacial score (nSPS) is 13.8. The van der Waals surface area contributed by atoms with Gasteiger partial charge in [-0.2, -0.15) is 4.37 Å². The Morgan fingerprint density at radius 1 is 1.25 bits per heavy atom. The van der Waals surface area contributed by atoms with Gasteiger partial charge in [0, 0.05) is 0 Å². The summed E-state index contributed by atoms with van der Waals surface area (Å²) in [5, 5.41) is 1.00. The summed E-state index contributed by atoms with van der Waals surface area (Å²) in [6.07, 6.45) is 0. The van der Waals surface area contributed by atoms with Crippen LogP contribution < -0.4 is 9.47 Å². The summed E-state index contributed by atoms with van der Waals surface area (Å²) in [6, 6.07) is 5.70. The first-order chi connectivity index (χ1) is 7.84. The number of hydrogen-bond acceptors (Lipinski definition) is 5. The van der Waals surface area contributed by atoms with Crippen molar-refractivity contribution in [2.75, 3.05) is 13.2 Å². The summed E-state index contributed by atoms with van der Waals surface area (Å²) >= 11 is 6.96. The molecule has 0 fully saturated rings. The average molecular weight is 255 g/mol. The van der Waals surface area contributed by atoms with Crippen molar-refractivity contribution < 1.29 is 9.47 Å². The van der Waals surface area contributed by atoms with Crippen LogP contribution in [0, 0.1) is 0 Å². The van der Waals surface area contributed by atoms with Gasteiger partial charge < -0.3 is 9.47 Å². The highest BCUT2D eigenvalue weighted by atomic mass is 35.5. The van der Waals surface area contributed by atoms with Crippen molar-refractivity contribution in [3.8, 4) is 22.1 Å². The average Bonchev–Trinajstić information content (AvgIpc) is 2.75. The van der Waals surface area contributed by atoms with E-state index >= 15 is 0 Å². The third kappa shape index (κ3) is 1.62. The molecule has 0 saturated carbocycles. The molecule has 2 aromatic rings. The molecule has 0 aliphatic carbocycles. The van der Waals surface area contributed by atoms with Gasteiger partial charge >= 0.3 is 0 Å². The van der Waals surface area contributed by atoms with Gasteiger partial charge in [0.25, 0.3) is 0 Å². The van der Waals surface area contributed by atoms with E-state index in [0.717, 1.165) is 22.1 Å². The van der Waals surface area contributed by atoms with Crippen LogP contribution in [0.4, 0.5) is 0 Å². The van der Waals surface area contributed by atoms with Gasteiger partial charge in [-0.05, 0) is 35.3 Å². The summed E-state index contributed by atoms with van der Waals surface area (Å²) < 4.78 is 15.0. The Hall–Kier alpha value is -1.33. The van der Waals surface area contributed by atoms with E-state index in [1.807, 2.05) is 18.2 Å². The highest BCUT2D eigenvalue weighted by Gasteiger charge is 2.18. The Balaban J connectivity index is 2.13.